The van der Waals surface area contributed by atoms with Crippen LogP contribution in [0.4, 0.5) is 0 Å². The Balaban J connectivity index is 1.58. The largest absolute Gasteiger partial charge is 0.451 e. The van der Waals surface area contributed by atoms with Gasteiger partial charge in [0.25, 0.3) is 5.56 Å². The molecule has 0 amide bonds. The van der Waals surface area contributed by atoms with Crippen LogP contribution >= 0.6 is 0 Å². The summed E-state index contributed by atoms with van der Waals surface area (Å²) in [5, 5.41) is 11.4. The minimum absolute atomic E-state index is 0.279. The molecule has 0 saturated heterocycles. The Morgan fingerprint density at radius 1 is 1.19 bits per heavy atom. The molecular weight excluding hydrogens is 348 g/mol. The molecule has 2 aromatic heterocycles. The molecule has 1 N–H and O–H groups in total. The molecule has 2 aromatic carbocycles. The van der Waals surface area contributed by atoms with E-state index < -0.39 is 12.1 Å². The monoisotopic (exact) mass is 362 g/mol. The average Bonchev–Trinajstić information content (AvgIpc) is 3.23. The lowest BCUT2D eigenvalue weighted by Gasteiger charge is -2.13. The number of nitrogens with one attached hydrogen (secondary N) is 1. The zero-order chi connectivity index (χ0) is 18.8. The van der Waals surface area contributed by atoms with Crippen molar-refractivity contribution in [1.82, 2.24) is 30.2 Å². The highest BCUT2D eigenvalue weighted by atomic mass is 16.5. The Morgan fingerprint density at radius 3 is 2.85 bits per heavy atom. The van der Waals surface area contributed by atoms with Gasteiger partial charge in [-0.2, -0.15) is 0 Å². The number of tetrazole rings is 1. The maximum Gasteiger partial charge on any atom is 0.338 e. The molecule has 0 radical (unpaired) electrons. The number of aromatic amines is 1. The number of aromatic nitrogens is 6. The first kappa shape index (κ1) is 16.6. The number of fused-ring (bicyclic) bond motifs is 1. The first-order valence-corrected chi connectivity index (χ1v) is 8.15. The molecule has 0 aliphatic carbocycles. The number of benzene rings is 2. The minimum atomic E-state index is -0.730. The first-order valence-electron chi connectivity index (χ1n) is 8.15. The molecular formula is C18H14N6O3. The molecule has 9 nitrogen and oxygen atoms in total. The van der Waals surface area contributed by atoms with Gasteiger partial charge in [-0.05, 0) is 47.7 Å². The van der Waals surface area contributed by atoms with Gasteiger partial charge in [-0.3, -0.25) is 4.79 Å². The second kappa shape index (κ2) is 6.79. The second-order valence-corrected chi connectivity index (χ2v) is 5.82. The fourth-order valence-electron chi connectivity index (χ4n) is 2.64. The predicted molar refractivity (Wildman–Crippen MR) is 95.3 cm³/mol. The third-order valence-corrected chi connectivity index (χ3v) is 4.00. The summed E-state index contributed by atoms with van der Waals surface area (Å²) in [6.07, 6.45) is 0.697. The Bertz CT molecular complexity index is 1170. The van der Waals surface area contributed by atoms with E-state index in [-0.39, 0.29) is 11.4 Å². The molecule has 9 heteroatoms. The Morgan fingerprint density at radius 2 is 2.04 bits per heavy atom. The fourth-order valence-corrected chi connectivity index (χ4v) is 2.64. The van der Waals surface area contributed by atoms with Crippen LogP contribution in [-0.4, -0.2) is 36.1 Å². The van der Waals surface area contributed by atoms with E-state index in [1.54, 1.807) is 55.5 Å². The topological polar surface area (TPSA) is 116 Å². The number of hydrogen-bond acceptors (Lipinski definition) is 7. The van der Waals surface area contributed by atoms with Crippen LogP contribution in [0.15, 0.2) is 59.7 Å². The van der Waals surface area contributed by atoms with Gasteiger partial charge in [-0.15, -0.1) is 5.10 Å². The molecule has 0 aliphatic heterocycles. The van der Waals surface area contributed by atoms with Crippen LogP contribution < -0.4 is 5.56 Å². The molecule has 4 rings (SSSR count). The standard InChI is InChI=1S/C18H14N6O3/c1-11(16-20-15-8-3-2-7-14(15)17(25)21-16)27-18(26)12-5-4-6-13(9-12)24-10-19-22-23-24/h2-11H,1H3,(H,20,21,25)/t11-/m0/s1. The molecule has 27 heavy (non-hydrogen) atoms. The van der Waals surface area contributed by atoms with E-state index in [0.717, 1.165) is 0 Å². The van der Waals surface area contributed by atoms with Gasteiger partial charge >= 0.3 is 5.97 Å². The molecule has 0 bridgehead atoms. The lowest BCUT2D eigenvalue weighted by Crippen LogP contribution is -2.17. The molecule has 0 unspecified atom stereocenters. The molecule has 0 aliphatic rings. The van der Waals surface area contributed by atoms with E-state index in [1.807, 2.05) is 0 Å². The van der Waals surface area contributed by atoms with Crippen molar-refractivity contribution in [2.45, 2.75) is 13.0 Å². The van der Waals surface area contributed by atoms with Crippen molar-refractivity contribution in [3.8, 4) is 5.69 Å². The van der Waals surface area contributed by atoms with Gasteiger partial charge in [0.05, 0.1) is 22.2 Å². The summed E-state index contributed by atoms with van der Waals surface area (Å²) in [6.45, 7) is 1.65. The van der Waals surface area contributed by atoms with E-state index in [4.69, 9.17) is 4.74 Å². The summed E-state index contributed by atoms with van der Waals surface area (Å²) in [6, 6.07) is 13.7. The maximum absolute atomic E-state index is 12.5. The van der Waals surface area contributed by atoms with E-state index in [1.165, 1.54) is 11.0 Å². The molecule has 4 aromatic rings. The Labute approximate surface area is 152 Å². The number of hydrogen-bond donors (Lipinski definition) is 1. The van der Waals surface area contributed by atoms with E-state index in [2.05, 4.69) is 25.5 Å². The zero-order valence-corrected chi connectivity index (χ0v) is 14.2. The summed E-state index contributed by atoms with van der Waals surface area (Å²) in [7, 11) is 0. The predicted octanol–water partition coefficient (Wildman–Crippen LogP) is 1.82. The smallest absolute Gasteiger partial charge is 0.338 e. The van der Waals surface area contributed by atoms with Gasteiger partial charge < -0.3 is 9.72 Å². The highest BCUT2D eigenvalue weighted by Gasteiger charge is 2.17. The lowest BCUT2D eigenvalue weighted by atomic mass is 10.2. The molecule has 0 spiro atoms. The van der Waals surface area contributed by atoms with E-state index >= 15 is 0 Å². The number of carbonyl (C=O) groups is 1. The normalized spacial score (nSPS) is 12.0. The van der Waals surface area contributed by atoms with Crippen molar-refractivity contribution in [3.63, 3.8) is 0 Å². The van der Waals surface area contributed by atoms with Crippen LogP contribution in [0.3, 0.4) is 0 Å². The van der Waals surface area contributed by atoms with E-state index in [9.17, 15) is 9.59 Å². The number of rotatable bonds is 4. The molecule has 2 heterocycles. The number of para-hydroxylation sites is 1. The Kier molecular flexibility index (Phi) is 4.17. The number of carbonyl (C=O) groups excluding carboxylic acids is 1. The summed E-state index contributed by atoms with van der Waals surface area (Å²) < 4.78 is 6.90. The van der Waals surface area contributed by atoms with Crippen LogP contribution in [0.25, 0.3) is 16.6 Å². The molecule has 0 saturated carbocycles. The lowest BCUT2D eigenvalue weighted by molar-refractivity contribution is 0.0320. The highest BCUT2D eigenvalue weighted by Crippen LogP contribution is 2.17. The second-order valence-electron chi connectivity index (χ2n) is 5.82. The van der Waals surface area contributed by atoms with Crippen LogP contribution in [0.5, 0.6) is 0 Å². The zero-order valence-electron chi connectivity index (χ0n) is 14.2. The van der Waals surface area contributed by atoms with Gasteiger partial charge in [0.2, 0.25) is 0 Å². The molecule has 0 fully saturated rings. The number of ether oxygens (including phenoxy) is 1. The first-order chi connectivity index (χ1) is 13.1. The molecule has 134 valence electrons. The summed E-state index contributed by atoms with van der Waals surface area (Å²) in [5.74, 6) is -0.267. The van der Waals surface area contributed by atoms with Crippen LogP contribution in [0.1, 0.15) is 29.2 Å². The van der Waals surface area contributed by atoms with Crippen LogP contribution in [0, 0.1) is 0 Å². The molecule has 1 atom stereocenters. The van der Waals surface area contributed by atoms with Gasteiger partial charge in [-0.1, -0.05) is 18.2 Å². The van der Waals surface area contributed by atoms with Crippen molar-refractivity contribution >= 4 is 16.9 Å². The van der Waals surface area contributed by atoms with Crippen molar-refractivity contribution in [2.75, 3.05) is 0 Å². The van der Waals surface area contributed by atoms with Gasteiger partial charge in [-0.25, -0.2) is 14.5 Å². The maximum atomic E-state index is 12.5. The average molecular weight is 362 g/mol. The highest BCUT2D eigenvalue weighted by molar-refractivity contribution is 5.90. The summed E-state index contributed by atoms with van der Waals surface area (Å²) in [4.78, 5) is 31.7. The minimum Gasteiger partial charge on any atom is -0.451 e. The number of esters is 1. The summed E-state index contributed by atoms with van der Waals surface area (Å²) >= 11 is 0. The third kappa shape index (κ3) is 3.30. The SMILES string of the molecule is C[C@H](OC(=O)c1cccc(-n2cnnn2)c1)c1nc2ccccc2c(=O)[nH]1. The van der Waals surface area contributed by atoms with Gasteiger partial charge in [0, 0.05) is 0 Å². The quantitative estimate of drug-likeness (QED) is 0.550. The van der Waals surface area contributed by atoms with Crippen LogP contribution in [-0.2, 0) is 4.74 Å². The number of nitrogens with zero attached hydrogens (tertiary/aromatic N) is 5. The summed E-state index contributed by atoms with van der Waals surface area (Å²) in [5.41, 5.74) is 1.22. The van der Waals surface area contributed by atoms with Crippen molar-refractivity contribution in [1.29, 1.82) is 0 Å². The fraction of sp³-hybridized carbons (Fsp3) is 0.111. The van der Waals surface area contributed by atoms with Gasteiger partial charge in [0.1, 0.15) is 6.33 Å². The van der Waals surface area contributed by atoms with Crippen molar-refractivity contribution in [2.24, 2.45) is 0 Å². The van der Waals surface area contributed by atoms with Crippen LogP contribution in [0.2, 0.25) is 0 Å². The van der Waals surface area contributed by atoms with E-state index in [0.29, 0.717) is 22.2 Å². The number of H-pyrrole nitrogens is 1. The third-order valence-electron chi connectivity index (χ3n) is 4.00. The van der Waals surface area contributed by atoms with Crippen molar-refractivity contribution in [3.05, 3.63) is 76.6 Å². The Hall–Kier alpha value is -3.88. The van der Waals surface area contributed by atoms with Gasteiger partial charge in [0.15, 0.2) is 11.9 Å². The van der Waals surface area contributed by atoms with Crippen molar-refractivity contribution < 1.29 is 9.53 Å².